The van der Waals surface area contributed by atoms with Crippen LogP contribution in [-0.2, 0) is 0 Å². The summed E-state index contributed by atoms with van der Waals surface area (Å²) in [6.45, 7) is 4.86. The van der Waals surface area contributed by atoms with Crippen molar-refractivity contribution in [1.82, 2.24) is 5.32 Å². The average molecular weight is 291 g/mol. The van der Waals surface area contributed by atoms with E-state index in [0.717, 1.165) is 22.8 Å². The van der Waals surface area contributed by atoms with Crippen LogP contribution in [0.5, 0.6) is 5.75 Å². The molecule has 21 heavy (non-hydrogen) atoms. The third-order valence-electron chi connectivity index (χ3n) is 4.73. The van der Waals surface area contributed by atoms with Crippen LogP contribution in [0.1, 0.15) is 56.3 Å². The fraction of sp³-hybridized carbons (Fsp3) is 0.667. The normalized spacial score (nSPS) is 19.2. The monoisotopic (exact) mass is 291 g/mol. The third-order valence-corrected chi connectivity index (χ3v) is 4.73. The van der Waals surface area contributed by atoms with E-state index in [0.29, 0.717) is 12.6 Å². The van der Waals surface area contributed by atoms with E-state index < -0.39 is 6.10 Å². The molecule has 118 valence electrons. The first-order valence-corrected chi connectivity index (χ1v) is 8.17. The number of methoxy groups -OCH3 is 1. The Balaban J connectivity index is 1.91. The Morgan fingerprint density at radius 2 is 2.00 bits per heavy atom. The Morgan fingerprint density at radius 1 is 1.29 bits per heavy atom. The molecule has 0 amide bonds. The van der Waals surface area contributed by atoms with Gasteiger partial charge in [-0.1, -0.05) is 30.9 Å². The molecule has 1 aliphatic rings. The zero-order valence-electron chi connectivity index (χ0n) is 13.6. The summed E-state index contributed by atoms with van der Waals surface area (Å²) in [5.41, 5.74) is 2.02. The first kappa shape index (κ1) is 16.3. The molecular weight excluding hydrogens is 262 g/mol. The van der Waals surface area contributed by atoms with Gasteiger partial charge in [-0.3, -0.25) is 0 Å². The number of hydrogen-bond donors (Lipinski definition) is 2. The molecule has 0 radical (unpaired) electrons. The lowest BCUT2D eigenvalue weighted by Crippen LogP contribution is -2.37. The fourth-order valence-electron chi connectivity index (χ4n) is 3.32. The highest BCUT2D eigenvalue weighted by molar-refractivity contribution is 5.38. The number of rotatable bonds is 6. The Hall–Kier alpha value is -1.06. The first-order chi connectivity index (χ1) is 10.1. The van der Waals surface area contributed by atoms with E-state index in [2.05, 4.69) is 12.2 Å². The highest BCUT2D eigenvalue weighted by Gasteiger charge is 2.21. The quantitative estimate of drug-likeness (QED) is 0.841. The molecule has 1 aliphatic carbocycles. The van der Waals surface area contributed by atoms with Crippen LogP contribution < -0.4 is 10.1 Å². The Labute approximate surface area is 128 Å². The molecule has 1 aromatic carbocycles. The van der Waals surface area contributed by atoms with Gasteiger partial charge in [-0.05, 0) is 44.7 Å². The molecule has 0 bridgehead atoms. The lowest BCUT2D eigenvalue weighted by Gasteiger charge is -2.29. The van der Waals surface area contributed by atoms with Crippen molar-refractivity contribution in [3.63, 3.8) is 0 Å². The van der Waals surface area contributed by atoms with Crippen molar-refractivity contribution in [2.75, 3.05) is 13.7 Å². The molecule has 2 rings (SSSR count). The maximum absolute atomic E-state index is 10.5. The van der Waals surface area contributed by atoms with Crippen molar-refractivity contribution in [1.29, 1.82) is 0 Å². The lowest BCUT2D eigenvalue weighted by atomic mass is 9.84. The van der Waals surface area contributed by atoms with Crippen molar-refractivity contribution < 1.29 is 9.84 Å². The predicted octanol–water partition coefficient (Wildman–Crippen LogP) is 3.60. The number of nitrogens with one attached hydrogen (secondary N) is 1. The van der Waals surface area contributed by atoms with Crippen LogP contribution in [0.15, 0.2) is 18.2 Å². The van der Waals surface area contributed by atoms with Gasteiger partial charge in [0.2, 0.25) is 0 Å². The number of ether oxygens (including phenoxy) is 1. The molecular formula is C18H29NO2. The van der Waals surface area contributed by atoms with Gasteiger partial charge in [-0.2, -0.15) is 0 Å². The van der Waals surface area contributed by atoms with E-state index in [4.69, 9.17) is 4.74 Å². The van der Waals surface area contributed by atoms with Gasteiger partial charge in [-0.25, -0.2) is 0 Å². The highest BCUT2D eigenvalue weighted by atomic mass is 16.5. The van der Waals surface area contributed by atoms with Gasteiger partial charge in [-0.15, -0.1) is 0 Å². The minimum Gasteiger partial charge on any atom is -0.496 e. The van der Waals surface area contributed by atoms with E-state index in [1.165, 1.54) is 32.1 Å². The molecule has 0 spiro atoms. The molecule has 1 saturated carbocycles. The molecule has 0 aromatic heterocycles. The zero-order chi connectivity index (χ0) is 15.2. The van der Waals surface area contributed by atoms with Crippen molar-refractivity contribution in [2.45, 2.75) is 58.1 Å². The molecule has 2 N–H and O–H groups in total. The molecule has 3 nitrogen and oxygen atoms in total. The van der Waals surface area contributed by atoms with Gasteiger partial charge in [0.25, 0.3) is 0 Å². The van der Waals surface area contributed by atoms with Crippen LogP contribution in [0.2, 0.25) is 0 Å². The standard InChI is InChI=1S/C18H29NO2/c1-13-9-10-18(21-3)16(11-13)17(20)12-19-14(2)15-7-5-4-6-8-15/h9-11,14-15,17,19-20H,4-8,12H2,1-3H3/t14-,17?/m0/s1. The Kier molecular flexibility index (Phi) is 6.07. The molecule has 1 aromatic rings. The van der Waals surface area contributed by atoms with Crippen LogP contribution >= 0.6 is 0 Å². The molecule has 0 aliphatic heterocycles. The second kappa shape index (κ2) is 7.81. The van der Waals surface area contributed by atoms with Crippen LogP contribution in [0.3, 0.4) is 0 Å². The van der Waals surface area contributed by atoms with Crippen LogP contribution in [-0.4, -0.2) is 24.8 Å². The maximum atomic E-state index is 10.5. The molecule has 1 unspecified atom stereocenters. The predicted molar refractivity (Wildman–Crippen MR) is 86.7 cm³/mol. The van der Waals surface area contributed by atoms with Gasteiger partial charge >= 0.3 is 0 Å². The number of aliphatic hydroxyl groups excluding tert-OH is 1. The van der Waals surface area contributed by atoms with E-state index >= 15 is 0 Å². The number of hydrogen-bond acceptors (Lipinski definition) is 3. The first-order valence-electron chi connectivity index (χ1n) is 8.17. The van der Waals surface area contributed by atoms with Gasteiger partial charge in [0.05, 0.1) is 13.2 Å². The summed E-state index contributed by atoms with van der Waals surface area (Å²) >= 11 is 0. The van der Waals surface area contributed by atoms with Crippen LogP contribution in [0.25, 0.3) is 0 Å². The lowest BCUT2D eigenvalue weighted by molar-refractivity contribution is 0.157. The number of benzene rings is 1. The highest BCUT2D eigenvalue weighted by Crippen LogP contribution is 2.28. The van der Waals surface area contributed by atoms with E-state index in [9.17, 15) is 5.11 Å². The number of aryl methyl sites for hydroxylation is 1. The van der Waals surface area contributed by atoms with E-state index in [-0.39, 0.29) is 0 Å². The van der Waals surface area contributed by atoms with Crippen molar-refractivity contribution in [3.05, 3.63) is 29.3 Å². The smallest absolute Gasteiger partial charge is 0.124 e. The summed E-state index contributed by atoms with van der Waals surface area (Å²) in [4.78, 5) is 0. The maximum Gasteiger partial charge on any atom is 0.124 e. The molecule has 2 atom stereocenters. The summed E-state index contributed by atoms with van der Waals surface area (Å²) < 4.78 is 5.36. The van der Waals surface area contributed by atoms with Crippen molar-refractivity contribution in [3.8, 4) is 5.75 Å². The van der Waals surface area contributed by atoms with Gasteiger partial charge < -0.3 is 15.2 Å². The summed E-state index contributed by atoms with van der Waals surface area (Å²) in [6, 6.07) is 6.41. The van der Waals surface area contributed by atoms with Crippen molar-refractivity contribution in [2.24, 2.45) is 5.92 Å². The van der Waals surface area contributed by atoms with Crippen LogP contribution in [0.4, 0.5) is 0 Å². The summed E-state index contributed by atoms with van der Waals surface area (Å²) in [7, 11) is 1.65. The minimum atomic E-state index is -0.522. The minimum absolute atomic E-state index is 0.468. The van der Waals surface area contributed by atoms with E-state index in [1.54, 1.807) is 7.11 Å². The second-order valence-electron chi connectivity index (χ2n) is 6.36. The average Bonchev–Trinajstić information content (AvgIpc) is 2.53. The van der Waals surface area contributed by atoms with Crippen LogP contribution in [0, 0.1) is 12.8 Å². The number of aliphatic hydroxyl groups is 1. The second-order valence-corrected chi connectivity index (χ2v) is 6.36. The summed E-state index contributed by atoms with van der Waals surface area (Å²) in [6.07, 6.45) is 6.20. The molecule has 3 heteroatoms. The SMILES string of the molecule is COc1ccc(C)cc1C(O)CN[C@@H](C)C1CCCCC1. The largest absolute Gasteiger partial charge is 0.496 e. The topological polar surface area (TPSA) is 41.5 Å². The van der Waals surface area contributed by atoms with Crippen molar-refractivity contribution >= 4 is 0 Å². The van der Waals surface area contributed by atoms with Gasteiger partial charge in [0.15, 0.2) is 0 Å². The van der Waals surface area contributed by atoms with E-state index in [1.807, 2.05) is 25.1 Å². The summed E-state index contributed by atoms with van der Waals surface area (Å²) in [5.74, 6) is 1.52. The summed E-state index contributed by atoms with van der Waals surface area (Å²) in [5, 5.41) is 14.0. The molecule has 1 fully saturated rings. The van der Waals surface area contributed by atoms with Gasteiger partial charge in [0, 0.05) is 18.2 Å². The Bertz CT molecular complexity index is 441. The molecule has 0 saturated heterocycles. The Morgan fingerprint density at radius 3 is 2.67 bits per heavy atom. The third kappa shape index (κ3) is 4.45. The fourth-order valence-corrected chi connectivity index (χ4v) is 3.32. The van der Waals surface area contributed by atoms with Gasteiger partial charge in [0.1, 0.15) is 5.75 Å². The zero-order valence-corrected chi connectivity index (χ0v) is 13.6. The molecule has 0 heterocycles.